The highest BCUT2D eigenvalue weighted by atomic mass is 79.9. The summed E-state index contributed by atoms with van der Waals surface area (Å²) < 4.78 is 1.74. The van der Waals surface area contributed by atoms with Crippen LogP contribution >= 0.6 is 15.9 Å². The Morgan fingerprint density at radius 2 is 2.35 bits per heavy atom. The summed E-state index contributed by atoms with van der Waals surface area (Å²) in [6, 6.07) is 0. The molecule has 1 aromatic rings. The van der Waals surface area contributed by atoms with Crippen molar-refractivity contribution in [2.24, 2.45) is 18.9 Å². The average Bonchev–Trinajstić information content (AvgIpc) is 2.94. The summed E-state index contributed by atoms with van der Waals surface area (Å²) in [6.07, 6.45) is 7.03. The number of alkyl halides is 1. The number of carbonyl (C=O) groups excluding carboxylic acids is 1. The van der Waals surface area contributed by atoms with Gasteiger partial charge < -0.3 is 9.88 Å². The van der Waals surface area contributed by atoms with Crippen molar-refractivity contribution in [3.8, 4) is 0 Å². The maximum atomic E-state index is 11.9. The molecule has 2 unspecified atom stereocenters. The summed E-state index contributed by atoms with van der Waals surface area (Å²) in [5.74, 6) is 1.30. The van der Waals surface area contributed by atoms with E-state index < -0.39 is 0 Å². The number of hydrogen-bond donors (Lipinski definition) is 1. The van der Waals surface area contributed by atoms with Crippen LogP contribution in [0.5, 0.6) is 0 Å². The minimum atomic E-state index is -0.0229. The predicted octanol–water partition coefficient (Wildman–Crippen LogP) is 1.96. The number of nitrogens with zero attached hydrogens (tertiary/aromatic N) is 2. The van der Waals surface area contributed by atoms with Crippen molar-refractivity contribution >= 4 is 21.8 Å². The predicted molar refractivity (Wildman–Crippen MR) is 70.2 cm³/mol. The van der Waals surface area contributed by atoms with Crippen molar-refractivity contribution in [3.05, 3.63) is 18.2 Å². The molecule has 1 N–H and O–H groups in total. The number of carbonyl (C=O) groups is 1. The second kappa shape index (κ2) is 5.67. The van der Waals surface area contributed by atoms with Crippen LogP contribution in [0.4, 0.5) is 0 Å². The molecule has 5 heteroatoms. The summed E-state index contributed by atoms with van der Waals surface area (Å²) in [7, 11) is 1.83. The molecule has 0 aromatic carbocycles. The Labute approximate surface area is 110 Å². The summed E-state index contributed by atoms with van der Waals surface area (Å²) in [5, 5.41) is 4.05. The lowest BCUT2D eigenvalue weighted by molar-refractivity contribution is 0.0936. The third-order valence-corrected chi connectivity index (χ3v) is 4.42. The van der Waals surface area contributed by atoms with Gasteiger partial charge in [0.05, 0.1) is 12.5 Å². The minimum Gasteiger partial charge on any atom is -0.350 e. The van der Waals surface area contributed by atoms with E-state index in [1.165, 1.54) is 19.3 Å². The van der Waals surface area contributed by atoms with E-state index >= 15 is 0 Å². The third-order valence-electron chi connectivity index (χ3n) is 3.59. The first-order valence-electron chi connectivity index (χ1n) is 6.03. The number of hydrogen-bond acceptors (Lipinski definition) is 2. The Morgan fingerprint density at radius 1 is 1.59 bits per heavy atom. The zero-order valence-electron chi connectivity index (χ0n) is 10.0. The van der Waals surface area contributed by atoms with E-state index in [1.807, 2.05) is 7.05 Å². The topological polar surface area (TPSA) is 46.9 Å². The molecule has 2 atom stereocenters. The monoisotopic (exact) mass is 299 g/mol. The van der Waals surface area contributed by atoms with Gasteiger partial charge in [0.15, 0.2) is 0 Å². The zero-order chi connectivity index (χ0) is 12.3. The van der Waals surface area contributed by atoms with E-state index in [4.69, 9.17) is 0 Å². The van der Waals surface area contributed by atoms with Gasteiger partial charge in [-0.3, -0.25) is 4.79 Å². The first-order valence-corrected chi connectivity index (χ1v) is 7.15. The molecular formula is C12H18BrN3O. The molecule has 1 aliphatic rings. The van der Waals surface area contributed by atoms with Crippen molar-refractivity contribution in [3.63, 3.8) is 0 Å². The molecule has 2 rings (SSSR count). The van der Waals surface area contributed by atoms with Gasteiger partial charge in [0.25, 0.3) is 5.91 Å². The van der Waals surface area contributed by atoms with E-state index in [0.717, 1.165) is 11.9 Å². The smallest absolute Gasteiger partial charge is 0.269 e. The van der Waals surface area contributed by atoms with Gasteiger partial charge in [-0.2, -0.15) is 0 Å². The van der Waals surface area contributed by atoms with Crippen molar-refractivity contribution in [1.29, 1.82) is 0 Å². The van der Waals surface area contributed by atoms with Crippen LogP contribution in [0.1, 0.15) is 29.8 Å². The Kier molecular flexibility index (Phi) is 4.20. The second-order valence-electron chi connectivity index (χ2n) is 4.71. The van der Waals surface area contributed by atoms with Gasteiger partial charge in [-0.1, -0.05) is 22.4 Å². The van der Waals surface area contributed by atoms with Crippen LogP contribution in [0, 0.1) is 11.8 Å². The number of aromatic nitrogens is 2. The number of halogens is 1. The molecule has 94 valence electrons. The summed E-state index contributed by atoms with van der Waals surface area (Å²) in [4.78, 5) is 15.8. The number of nitrogens with one attached hydrogen (secondary N) is 1. The Bertz CT molecular complexity index is 391. The lowest BCUT2D eigenvalue weighted by Gasteiger charge is -2.17. The molecule has 17 heavy (non-hydrogen) atoms. The highest BCUT2D eigenvalue weighted by Gasteiger charge is 2.26. The van der Waals surface area contributed by atoms with Gasteiger partial charge in [-0.15, -0.1) is 0 Å². The summed E-state index contributed by atoms with van der Waals surface area (Å²) in [5.41, 5.74) is 0.624. The average molecular weight is 300 g/mol. The molecule has 0 saturated heterocycles. The molecule has 1 aliphatic carbocycles. The Hall–Kier alpha value is -0.840. The van der Waals surface area contributed by atoms with Crippen LogP contribution in [0.25, 0.3) is 0 Å². The fourth-order valence-corrected chi connectivity index (χ4v) is 3.33. The molecule has 0 spiro atoms. The van der Waals surface area contributed by atoms with Gasteiger partial charge >= 0.3 is 0 Å². The molecule has 1 heterocycles. The van der Waals surface area contributed by atoms with Crippen LogP contribution in [-0.4, -0.2) is 27.3 Å². The molecule has 1 amide bonds. The number of aryl methyl sites for hydroxylation is 1. The Balaban J connectivity index is 1.86. The normalized spacial score (nSPS) is 23.9. The number of imidazole rings is 1. The van der Waals surface area contributed by atoms with E-state index in [0.29, 0.717) is 17.5 Å². The first kappa shape index (κ1) is 12.6. The van der Waals surface area contributed by atoms with Crippen LogP contribution in [0.3, 0.4) is 0 Å². The summed E-state index contributed by atoms with van der Waals surface area (Å²) >= 11 is 3.55. The maximum Gasteiger partial charge on any atom is 0.269 e. The lowest BCUT2D eigenvalue weighted by atomic mass is 9.98. The molecule has 0 aliphatic heterocycles. The van der Waals surface area contributed by atoms with Gasteiger partial charge in [-0.05, 0) is 24.7 Å². The number of rotatable bonds is 4. The lowest BCUT2D eigenvalue weighted by Crippen LogP contribution is -2.32. The van der Waals surface area contributed by atoms with Crippen molar-refractivity contribution in [1.82, 2.24) is 14.9 Å². The largest absolute Gasteiger partial charge is 0.350 e. The maximum absolute atomic E-state index is 11.9. The number of amides is 1. The van der Waals surface area contributed by atoms with Crippen molar-refractivity contribution in [2.45, 2.75) is 19.3 Å². The molecular weight excluding hydrogens is 282 g/mol. The molecule has 0 radical (unpaired) electrons. The van der Waals surface area contributed by atoms with Crippen molar-refractivity contribution in [2.75, 3.05) is 11.9 Å². The Morgan fingerprint density at radius 3 is 3.00 bits per heavy atom. The van der Waals surface area contributed by atoms with Crippen LogP contribution in [-0.2, 0) is 7.05 Å². The quantitative estimate of drug-likeness (QED) is 0.864. The van der Waals surface area contributed by atoms with Gasteiger partial charge in [0.1, 0.15) is 5.69 Å². The molecule has 1 aromatic heterocycles. The SMILES string of the molecule is Cn1cncc1C(=O)NCC1CCCC1CBr. The van der Waals surface area contributed by atoms with Gasteiger partial charge in [0.2, 0.25) is 0 Å². The zero-order valence-corrected chi connectivity index (χ0v) is 11.6. The van der Waals surface area contributed by atoms with Crippen LogP contribution in [0.2, 0.25) is 0 Å². The highest BCUT2D eigenvalue weighted by molar-refractivity contribution is 9.09. The van der Waals surface area contributed by atoms with Gasteiger partial charge in [-0.25, -0.2) is 4.98 Å². The van der Waals surface area contributed by atoms with Crippen molar-refractivity contribution < 1.29 is 4.79 Å². The van der Waals surface area contributed by atoms with Crippen LogP contribution in [0.15, 0.2) is 12.5 Å². The molecule has 0 bridgehead atoms. The molecule has 1 saturated carbocycles. The minimum absolute atomic E-state index is 0.0229. The van der Waals surface area contributed by atoms with E-state index in [1.54, 1.807) is 17.1 Å². The molecule has 4 nitrogen and oxygen atoms in total. The van der Waals surface area contributed by atoms with E-state index in [2.05, 4.69) is 26.2 Å². The highest BCUT2D eigenvalue weighted by Crippen LogP contribution is 2.32. The third kappa shape index (κ3) is 2.89. The first-order chi connectivity index (χ1) is 8.22. The van der Waals surface area contributed by atoms with Gasteiger partial charge in [0, 0.05) is 18.9 Å². The van der Waals surface area contributed by atoms with E-state index in [9.17, 15) is 4.79 Å². The standard InChI is InChI=1S/C12H18BrN3O/c1-16-8-14-7-11(16)12(17)15-6-10-4-2-3-9(10)5-13/h7-10H,2-6H2,1H3,(H,15,17). The fourth-order valence-electron chi connectivity index (χ4n) is 2.48. The van der Waals surface area contributed by atoms with E-state index in [-0.39, 0.29) is 5.91 Å². The second-order valence-corrected chi connectivity index (χ2v) is 5.35. The summed E-state index contributed by atoms with van der Waals surface area (Å²) in [6.45, 7) is 0.778. The van der Waals surface area contributed by atoms with Crippen LogP contribution < -0.4 is 5.32 Å². The fraction of sp³-hybridized carbons (Fsp3) is 0.667. The molecule has 1 fully saturated rings.